The Hall–Kier alpha value is -1.75. The van der Waals surface area contributed by atoms with Gasteiger partial charge >= 0.3 is 5.97 Å². The molecule has 0 spiro atoms. The summed E-state index contributed by atoms with van der Waals surface area (Å²) in [6.45, 7) is 9.01. The molecule has 5 nitrogen and oxygen atoms in total. The standard InChI is InChI=1S/C16H25NO4/c1-6-20-15(18)11-21-14-9-12(7-8-13(14)19-5)10-17-16(2,3)4/h7-9,17H,6,10-11H2,1-5H3. The zero-order valence-corrected chi connectivity index (χ0v) is 13.5. The fraction of sp³-hybridized carbons (Fsp3) is 0.562. The van der Waals surface area contributed by atoms with Crippen LogP contribution in [0.5, 0.6) is 11.5 Å². The molecule has 1 aromatic rings. The average molecular weight is 295 g/mol. The van der Waals surface area contributed by atoms with E-state index in [1.165, 1.54) is 0 Å². The third kappa shape index (κ3) is 6.49. The van der Waals surface area contributed by atoms with Crippen LogP contribution in [0.2, 0.25) is 0 Å². The largest absolute Gasteiger partial charge is 0.493 e. The molecule has 0 atom stereocenters. The molecule has 0 amide bonds. The fourth-order valence-corrected chi connectivity index (χ4v) is 1.65. The average Bonchev–Trinajstić information content (AvgIpc) is 2.42. The van der Waals surface area contributed by atoms with Crippen molar-refractivity contribution in [1.29, 1.82) is 0 Å². The van der Waals surface area contributed by atoms with Crippen molar-refractivity contribution in [2.75, 3.05) is 20.3 Å². The third-order valence-electron chi connectivity index (χ3n) is 2.70. The molecule has 0 radical (unpaired) electrons. The summed E-state index contributed by atoms with van der Waals surface area (Å²) in [6.07, 6.45) is 0. The molecule has 1 rings (SSSR count). The maximum Gasteiger partial charge on any atom is 0.344 e. The lowest BCUT2D eigenvalue weighted by atomic mass is 10.1. The first-order chi connectivity index (χ1) is 9.85. The summed E-state index contributed by atoms with van der Waals surface area (Å²) in [4.78, 5) is 11.4. The Balaban J connectivity index is 2.73. The minimum absolute atomic E-state index is 0.0336. The van der Waals surface area contributed by atoms with Gasteiger partial charge in [0.2, 0.25) is 0 Å². The highest BCUT2D eigenvalue weighted by molar-refractivity contribution is 5.71. The zero-order valence-electron chi connectivity index (χ0n) is 13.5. The molecule has 0 aliphatic heterocycles. The Kier molecular flexibility index (Phi) is 6.49. The van der Waals surface area contributed by atoms with Crippen molar-refractivity contribution in [3.8, 4) is 11.5 Å². The molecule has 5 heteroatoms. The molecule has 0 saturated heterocycles. The monoisotopic (exact) mass is 295 g/mol. The van der Waals surface area contributed by atoms with Crippen molar-refractivity contribution in [2.24, 2.45) is 0 Å². The van der Waals surface area contributed by atoms with E-state index < -0.39 is 5.97 Å². The molecule has 118 valence electrons. The molecular formula is C16H25NO4. The van der Waals surface area contributed by atoms with E-state index in [2.05, 4.69) is 26.1 Å². The van der Waals surface area contributed by atoms with E-state index in [1.807, 2.05) is 18.2 Å². The highest BCUT2D eigenvalue weighted by Crippen LogP contribution is 2.28. The number of rotatable bonds is 7. The van der Waals surface area contributed by atoms with Gasteiger partial charge in [-0.25, -0.2) is 4.79 Å². The quantitative estimate of drug-likeness (QED) is 0.783. The van der Waals surface area contributed by atoms with E-state index in [0.29, 0.717) is 24.7 Å². The number of methoxy groups -OCH3 is 1. The predicted octanol–water partition coefficient (Wildman–Crippen LogP) is 2.53. The second-order valence-electron chi connectivity index (χ2n) is 5.68. The van der Waals surface area contributed by atoms with Gasteiger partial charge in [0.15, 0.2) is 18.1 Å². The van der Waals surface area contributed by atoms with Crippen LogP contribution >= 0.6 is 0 Å². The number of hydrogen-bond donors (Lipinski definition) is 1. The number of benzene rings is 1. The van der Waals surface area contributed by atoms with Gasteiger partial charge in [-0.15, -0.1) is 0 Å². The number of carbonyl (C=O) groups excluding carboxylic acids is 1. The molecule has 0 unspecified atom stereocenters. The number of carbonyl (C=O) groups is 1. The summed E-state index contributed by atoms with van der Waals surface area (Å²) in [5, 5.41) is 3.40. The van der Waals surface area contributed by atoms with Crippen LogP contribution in [0.15, 0.2) is 18.2 Å². The molecule has 0 aliphatic rings. The van der Waals surface area contributed by atoms with Crippen molar-refractivity contribution in [2.45, 2.75) is 39.8 Å². The highest BCUT2D eigenvalue weighted by atomic mass is 16.6. The molecule has 0 heterocycles. The summed E-state index contributed by atoms with van der Waals surface area (Å²) >= 11 is 0. The van der Waals surface area contributed by atoms with E-state index in [4.69, 9.17) is 14.2 Å². The maximum atomic E-state index is 11.4. The van der Waals surface area contributed by atoms with Crippen LogP contribution in [0.25, 0.3) is 0 Å². The summed E-state index contributed by atoms with van der Waals surface area (Å²) in [5.74, 6) is 0.746. The Morgan fingerprint density at radius 3 is 2.52 bits per heavy atom. The maximum absolute atomic E-state index is 11.4. The van der Waals surface area contributed by atoms with E-state index in [0.717, 1.165) is 5.56 Å². The van der Waals surface area contributed by atoms with E-state index in [1.54, 1.807) is 14.0 Å². The van der Waals surface area contributed by atoms with Gasteiger partial charge in [0.1, 0.15) is 0 Å². The van der Waals surface area contributed by atoms with Crippen molar-refractivity contribution in [3.63, 3.8) is 0 Å². The Morgan fingerprint density at radius 2 is 1.95 bits per heavy atom. The highest BCUT2D eigenvalue weighted by Gasteiger charge is 2.12. The van der Waals surface area contributed by atoms with Crippen LogP contribution in [-0.4, -0.2) is 31.8 Å². The van der Waals surface area contributed by atoms with Crippen LogP contribution in [0.1, 0.15) is 33.3 Å². The van der Waals surface area contributed by atoms with Gasteiger partial charge in [0.05, 0.1) is 13.7 Å². The van der Waals surface area contributed by atoms with E-state index >= 15 is 0 Å². The first-order valence-electron chi connectivity index (χ1n) is 7.06. The topological polar surface area (TPSA) is 56.8 Å². The molecule has 0 bridgehead atoms. The van der Waals surface area contributed by atoms with Crippen LogP contribution in [0.3, 0.4) is 0 Å². The minimum atomic E-state index is -0.391. The second kappa shape index (κ2) is 7.88. The zero-order chi connectivity index (χ0) is 15.9. The molecule has 1 N–H and O–H groups in total. The van der Waals surface area contributed by atoms with Gasteiger partial charge in [-0.3, -0.25) is 0 Å². The molecular weight excluding hydrogens is 270 g/mol. The van der Waals surface area contributed by atoms with E-state index in [9.17, 15) is 4.79 Å². The van der Waals surface area contributed by atoms with Gasteiger partial charge < -0.3 is 19.5 Å². The van der Waals surface area contributed by atoms with Crippen molar-refractivity contribution >= 4 is 5.97 Å². The van der Waals surface area contributed by atoms with Gasteiger partial charge in [0, 0.05) is 12.1 Å². The van der Waals surface area contributed by atoms with Crippen LogP contribution in [-0.2, 0) is 16.1 Å². The molecule has 0 saturated carbocycles. The van der Waals surface area contributed by atoms with Crippen LogP contribution in [0.4, 0.5) is 0 Å². The van der Waals surface area contributed by atoms with Crippen LogP contribution < -0.4 is 14.8 Å². The lowest BCUT2D eigenvalue weighted by molar-refractivity contribution is -0.145. The van der Waals surface area contributed by atoms with Gasteiger partial charge in [0.25, 0.3) is 0 Å². The smallest absolute Gasteiger partial charge is 0.344 e. The summed E-state index contributed by atoms with van der Waals surface area (Å²) < 4.78 is 15.6. The van der Waals surface area contributed by atoms with Crippen molar-refractivity contribution < 1.29 is 19.0 Å². The molecule has 21 heavy (non-hydrogen) atoms. The summed E-state index contributed by atoms with van der Waals surface area (Å²) in [5.41, 5.74) is 1.09. The molecule has 0 aliphatic carbocycles. The Bertz CT molecular complexity index is 466. The molecule has 0 aromatic heterocycles. The van der Waals surface area contributed by atoms with Gasteiger partial charge in [-0.2, -0.15) is 0 Å². The van der Waals surface area contributed by atoms with E-state index in [-0.39, 0.29) is 12.1 Å². The molecule has 1 aromatic carbocycles. The lowest BCUT2D eigenvalue weighted by Crippen LogP contribution is -2.35. The van der Waals surface area contributed by atoms with Crippen molar-refractivity contribution in [1.82, 2.24) is 5.32 Å². The fourth-order valence-electron chi connectivity index (χ4n) is 1.65. The van der Waals surface area contributed by atoms with Gasteiger partial charge in [-0.1, -0.05) is 6.07 Å². The van der Waals surface area contributed by atoms with Crippen molar-refractivity contribution in [3.05, 3.63) is 23.8 Å². The van der Waals surface area contributed by atoms with Gasteiger partial charge in [-0.05, 0) is 45.4 Å². The lowest BCUT2D eigenvalue weighted by Gasteiger charge is -2.21. The second-order valence-corrected chi connectivity index (χ2v) is 5.68. The summed E-state index contributed by atoms with van der Waals surface area (Å²) in [6, 6.07) is 5.67. The predicted molar refractivity (Wildman–Crippen MR) is 81.7 cm³/mol. The third-order valence-corrected chi connectivity index (χ3v) is 2.70. The summed E-state index contributed by atoms with van der Waals surface area (Å²) in [7, 11) is 1.57. The first kappa shape index (κ1) is 17.3. The first-order valence-corrected chi connectivity index (χ1v) is 7.06. The SMILES string of the molecule is CCOC(=O)COc1cc(CNC(C)(C)C)ccc1OC. The Morgan fingerprint density at radius 1 is 1.24 bits per heavy atom. The number of ether oxygens (including phenoxy) is 3. The number of hydrogen-bond acceptors (Lipinski definition) is 5. The number of nitrogens with one attached hydrogen (secondary N) is 1. The normalized spacial score (nSPS) is 11.1. The Labute approximate surface area is 126 Å². The van der Waals surface area contributed by atoms with Crippen LogP contribution in [0, 0.1) is 0 Å². The molecule has 0 fully saturated rings. The minimum Gasteiger partial charge on any atom is -0.493 e. The number of esters is 1.